The van der Waals surface area contributed by atoms with E-state index in [-0.39, 0.29) is 11.9 Å². The lowest BCUT2D eigenvalue weighted by molar-refractivity contribution is 0.628. The van der Waals surface area contributed by atoms with Crippen LogP contribution in [0, 0.1) is 12.7 Å². The van der Waals surface area contributed by atoms with Crippen LogP contribution in [0.4, 0.5) is 10.2 Å². The molecule has 0 spiro atoms. The second-order valence-corrected chi connectivity index (χ2v) is 6.96. The van der Waals surface area contributed by atoms with Crippen molar-refractivity contribution in [3.05, 3.63) is 81.4 Å². The molecule has 1 aromatic carbocycles. The van der Waals surface area contributed by atoms with Crippen LogP contribution in [0.25, 0.3) is 0 Å². The van der Waals surface area contributed by atoms with Crippen molar-refractivity contribution in [2.24, 2.45) is 9.98 Å². The Morgan fingerprint density at radius 3 is 2.62 bits per heavy atom. The number of hydrogen-bond donors (Lipinski definition) is 1. The number of anilines is 1. The zero-order valence-corrected chi connectivity index (χ0v) is 15.2. The number of hydrogen-bond acceptors (Lipinski definition) is 4. The molecule has 0 aliphatic carbocycles. The fourth-order valence-electron chi connectivity index (χ4n) is 2.95. The number of halogens is 1. The Hall–Kier alpha value is -2.86. The van der Waals surface area contributed by atoms with Crippen LogP contribution in [0.5, 0.6) is 0 Å². The molecule has 6 heteroatoms. The Morgan fingerprint density at radius 2 is 1.92 bits per heavy atom. The topological polar surface area (TPSA) is 49.6 Å². The van der Waals surface area contributed by atoms with E-state index in [2.05, 4.69) is 15.3 Å². The highest BCUT2D eigenvalue weighted by atomic mass is 32.1. The molecule has 3 heterocycles. The van der Waals surface area contributed by atoms with E-state index < -0.39 is 0 Å². The van der Waals surface area contributed by atoms with E-state index in [0.717, 1.165) is 33.2 Å². The highest BCUT2D eigenvalue weighted by molar-refractivity contribution is 7.10. The number of thiophene rings is 1. The second-order valence-electron chi connectivity index (χ2n) is 5.99. The third-order valence-corrected chi connectivity index (χ3v) is 5.15. The molecule has 26 heavy (non-hydrogen) atoms. The minimum absolute atomic E-state index is 0.255. The van der Waals surface area contributed by atoms with E-state index in [1.54, 1.807) is 30.5 Å². The van der Waals surface area contributed by atoms with Crippen LogP contribution in [-0.4, -0.2) is 23.6 Å². The largest absolute Gasteiger partial charge is 0.326 e. The van der Waals surface area contributed by atoms with Gasteiger partial charge in [-0.25, -0.2) is 9.37 Å². The molecule has 1 aliphatic rings. The van der Waals surface area contributed by atoms with Gasteiger partial charge in [-0.2, -0.15) is 0 Å². The van der Waals surface area contributed by atoms with Crippen molar-refractivity contribution in [3.63, 3.8) is 0 Å². The molecule has 3 aromatic rings. The van der Waals surface area contributed by atoms with Crippen LogP contribution in [-0.2, 0) is 0 Å². The Kier molecular flexibility index (Phi) is 4.34. The fourth-order valence-corrected chi connectivity index (χ4v) is 3.72. The second kappa shape index (κ2) is 6.80. The molecule has 1 atom stereocenters. The third-order valence-electron chi connectivity index (χ3n) is 4.22. The Bertz CT molecular complexity index is 991. The molecule has 1 aliphatic heterocycles. The Balaban J connectivity index is 1.95. The molecular weight excluding hydrogens is 347 g/mol. The van der Waals surface area contributed by atoms with Crippen LogP contribution < -0.4 is 5.32 Å². The van der Waals surface area contributed by atoms with Crippen LogP contribution in [0.3, 0.4) is 0 Å². The smallest absolute Gasteiger partial charge is 0.142 e. The molecule has 4 rings (SSSR count). The number of benzene rings is 1. The third kappa shape index (κ3) is 3.04. The van der Waals surface area contributed by atoms with Gasteiger partial charge in [0.05, 0.1) is 5.71 Å². The van der Waals surface area contributed by atoms with Crippen molar-refractivity contribution >= 4 is 28.7 Å². The molecule has 0 amide bonds. The Labute approximate surface area is 155 Å². The maximum atomic E-state index is 13.4. The maximum Gasteiger partial charge on any atom is 0.142 e. The number of fused-ring (bicyclic) bond motifs is 1. The van der Waals surface area contributed by atoms with Crippen LogP contribution in [0.2, 0.25) is 0 Å². The van der Waals surface area contributed by atoms with Crippen LogP contribution in [0.1, 0.15) is 27.7 Å². The van der Waals surface area contributed by atoms with Gasteiger partial charge in [0.1, 0.15) is 23.5 Å². The number of aromatic nitrogens is 1. The first-order valence-corrected chi connectivity index (χ1v) is 9.12. The molecule has 1 unspecified atom stereocenters. The van der Waals surface area contributed by atoms with Crippen LogP contribution >= 0.6 is 11.3 Å². The van der Waals surface area contributed by atoms with Crippen LogP contribution in [0.15, 0.2) is 63.9 Å². The summed E-state index contributed by atoms with van der Waals surface area (Å²) in [6.45, 7) is 1.95. The van der Waals surface area contributed by atoms with E-state index in [4.69, 9.17) is 4.99 Å². The number of rotatable bonds is 2. The molecule has 2 aromatic heterocycles. The highest BCUT2D eigenvalue weighted by Crippen LogP contribution is 2.31. The molecule has 1 N–H and O–H groups in total. The quantitative estimate of drug-likeness (QED) is 0.721. The summed E-state index contributed by atoms with van der Waals surface area (Å²) in [5, 5.41) is 5.38. The summed E-state index contributed by atoms with van der Waals surface area (Å²) in [6, 6.07) is 14.1. The summed E-state index contributed by atoms with van der Waals surface area (Å²) in [5.41, 5.74) is 3.40. The normalized spacial score (nSPS) is 18.0. The molecule has 4 nitrogen and oxygen atoms in total. The van der Waals surface area contributed by atoms with Crippen molar-refractivity contribution in [2.75, 3.05) is 12.4 Å². The molecule has 130 valence electrons. The molecular formula is C20H17FN4S. The number of pyridine rings is 1. The first-order valence-electron chi connectivity index (χ1n) is 8.24. The molecule has 0 fully saturated rings. The van der Waals surface area contributed by atoms with E-state index in [9.17, 15) is 4.39 Å². The first-order chi connectivity index (χ1) is 12.7. The predicted molar refractivity (Wildman–Crippen MR) is 105 cm³/mol. The highest BCUT2D eigenvalue weighted by Gasteiger charge is 2.26. The summed E-state index contributed by atoms with van der Waals surface area (Å²) < 4.78 is 13.4. The first kappa shape index (κ1) is 16.6. The standard InChI is InChI=1S/C20H17FN4S/c1-12-5-10-15-17(13-6-8-14(21)9-7-13)24-18(16-4-3-11-26-16)20(22-2)25-19(15)23-12/h3-11,18H,1-2H3,(H,22,23,25). The number of aliphatic imine (C=N–C) groups is 2. The van der Waals surface area contributed by atoms with Crippen molar-refractivity contribution in [1.29, 1.82) is 0 Å². The zero-order valence-electron chi connectivity index (χ0n) is 14.4. The predicted octanol–water partition coefficient (Wildman–Crippen LogP) is 4.62. The van der Waals surface area contributed by atoms with E-state index in [0.29, 0.717) is 5.82 Å². The molecule has 0 radical (unpaired) electrons. The summed E-state index contributed by atoms with van der Waals surface area (Å²) >= 11 is 1.63. The summed E-state index contributed by atoms with van der Waals surface area (Å²) in [6.07, 6.45) is 0. The average molecular weight is 364 g/mol. The number of amidine groups is 1. The average Bonchev–Trinajstić information content (AvgIpc) is 3.12. The SMILES string of the molecule is CN=C1Nc2nc(C)ccc2C(c2ccc(F)cc2)=NC1c1cccs1. The number of nitrogens with zero attached hydrogens (tertiary/aromatic N) is 3. The van der Waals surface area contributed by atoms with Gasteiger partial charge in [-0.1, -0.05) is 6.07 Å². The molecule has 0 bridgehead atoms. The maximum absolute atomic E-state index is 13.4. The van der Waals surface area contributed by atoms with E-state index in [1.807, 2.05) is 36.6 Å². The van der Waals surface area contributed by atoms with Crippen molar-refractivity contribution in [3.8, 4) is 0 Å². The summed E-state index contributed by atoms with van der Waals surface area (Å²) in [4.78, 5) is 15.2. The van der Waals surface area contributed by atoms with Gasteiger partial charge in [0.2, 0.25) is 0 Å². The van der Waals surface area contributed by atoms with Gasteiger partial charge in [0.25, 0.3) is 0 Å². The zero-order chi connectivity index (χ0) is 18.1. The van der Waals surface area contributed by atoms with Gasteiger partial charge >= 0.3 is 0 Å². The van der Waals surface area contributed by atoms with E-state index >= 15 is 0 Å². The van der Waals surface area contributed by atoms with Crippen molar-refractivity contribution in [2.45, 2.75) is 13.0 Å². The van der Waals surface area contributed by atoms with Gasteiger partial charge in [0.15, 0.2) is 0 Å². The van der Waals surface area contributed by atoms with Gasteiger partial charge in [-0.05, 0) is 54.8 Å². The van der Waals surface area contributed by atoms with Gasteiger partial charge in [-0.3, -0.25) is 9.98 Å². The Morgan fingerprint density at radius 1 is 1.12 bits per heavy atom. The van der Waals surface area contributed by atoms with Gasteiger partial charge < -0.3 is 5.32 Å². The lowest BCUT2D eigenvalue weighted by Gasteiger charge is -2.13. The van der Waals surface area contributed by atoms with Gasteiger partial charge in [-0.15, -0.1) is 11.3 Å². The minimum Gasteiger partial charge on any atom is -0.326 e. The number of aryl methyl sites for hydroxylation is 1. The number of nitrogens with one attached hydrogen (secondary N) is 1. The van der Waals surface area contributed by atoms with E-state index in [1.165, 1.54) is 12.1 Å². The molecule has 0 saturated heterocycles. The fraction of sp³-hybridized carbons (Fsp3) is 0.150. The molecule has 0 saturated carbocycles. The van der Waals surface area contributed by atoms with Crippen molar-refractivity contribution < 1.29 is 4.39 Å². The lowest BCUT2D eigenvalue weighted by atomic mass is 10.0. The van der Waals surface area contributed by atoms with Gasteiger partial charge in [0, 0.05) is 28.7 Å². The lowest BCUT2D eigenvalue weighted by Crippen LogP contribution is -2.19. The summed E-state index contributed by atoms with van der Waals surface area (Å²) in [7, 11) is 1.75. The monoisotopic (exact) mass is 364 g/mol. The van der Waals surface area contributed by atoms with Crippen molar-refractivity contribution in [1.82, 2.24) is 4.98 Å². The summed E-state index contributed by atoms with van der Waals surface area (Å²) in [5.74, 6) is 1.19. The minimum atomic E-state index is -0.269.